The van der Waals surface area contributed by atoms with E-state index < -0.39 is 12.1 Å². The van der Waals surface area contributed by atoms with Crippen LogP contribution in [0, 0.1) is 5.95 Å². The summed E-state index contributed by atoms with van der Waals surface area (Å²) in [6, 6.07) is 4.17. The minimum absolute atomic E-state index is 0.180. The lowest BCUT2D eigenvalue weighted by atomic mass is 10.3. The number of methoxy groups -OCH3 is 1. The highest BCUT2D eigenvalue weighted by atomic mass is 19.1. The van der Waals surface area contributed by atoms with Crippen LogP contribution in [0.3, 0.4) is 0 Å². The van der Waals surface area contributed by atoms with Crippen LogP contribution in [0.2, 0.25) is 0 Å². The summed E-state index contributed by atoms with van der Waals surface area (Å²) in [5.41, 5.74) is 0. The lowest BCUT2D eigenvalue weighted by Crippen LogP contribution is -2.26. The van der Waals surface area contributed by atoms with Gasteiger partial charge in [0.15, 0.2) is 0 Å². The molecular formula is C9H11FN2O2. The molecule has 1 aromatic heterocycles. The van der Waals surface area contributed by atoms with Crippen molar-refractivity contribution in [2.45, 2.75) is 13.0 Å². The number of aromatic nitrogens is 1. The van der Waals surface area contributed by atoms with Gasteiger partial charge in [0.2, 0.25) is 5.95 Å². The maximum absolute atomic E-state index is 12.6. The Labute approximate surface area is 81.1 Å². The van der Waals surface area contributed by atoms with E-state index >= 15 is 0 Å². The zero-order valence-electron chi connectivity index (χ0n) is 7.95. The molecule has 1 rings (SSSR count). The van der Waals surface area contributed by atoms with Crippen molar-refractivity contribution in [1.29, 1.82) is 0 Å². The molecule has 4 nitrogen and oxygen atoms in total. The zero-order chi connectivity index (χ0) is 10.6. The second-order valence-electron chi connectivity index (χ2n) is 2.71. The molecule has 0 saturated carbocycles. The van der Waals surface area contributed by atoms with E-state index in [-0.39, 0.29) is 11.7 Å². The standard InChI is InChI=1S/C9H11FN2O2/c1-6(14-2)9(13)12-8-5-3-4-7(10)11-8/h3-6H,1-2H3,(H,11,12,13). The van der Waals surface area contributed by atoms with Crippen molar-refractivity contribution < 1.29 is 13.9 Å². The Morgan fingerprint density at radius 1 is 1.64 bits per heavy atom. The summed E-state index contributed by atoms with van der Waals surface area (Å²) in [5.74, 6) is -0.808. The summed E-state index contributed by atoms with van der Waals surface area (Å²) >= 11 is 0. The average molecular weight is 198 g/mol. The number of hydrogen-bond acceptors (Lipinski definition) is 3. The summed E-state index contributed by atoms with van der Waals surface area (Å²) in [4.78, 5) is 14.7. The number of nitrogens with zero attached hydrogens (tertiary/aromatic N) is 1. The first-order valence-corrected chi connectivity index (χ1v) is 4.09. The summed E-state index contributed by atoms with van der Waals surface area (Å²) in [6.45, 7) is 1.59. The van der Waals surface area contributed by atoms with Crippen LogP contribution in [0.5, 0.6) is 0 Å². The molecule has 1 atom stereocenters. The topological polar surface area (TPSA) is 51.2 Å². The van der Waals surface area contributed by atoms with Crippen LogP contribution in [-0.4, -0.2) is 24.1 Å². The third kappa shape index (κ3) is 2.77. The van der Waals surface area contributed by atoms with E-state index in [4.69, 9.17) is 4.74 Å². The first-order chi connectivity index (χ1) is 6.63. The second kappa shape index (κ2) is 4.66. The van der Waals surface area contributed by atoms with Crippen molar-refractivity contribution in [3.8, 4) is 0 Å². The molecule has 1 N–H and O–H groups in total. The molecule has 0 aromatic carbocycles. The maximum Gasteiger partial charge on any atom is 0.254 e. The second-order valence-corrected chi connectivity index (χ2v) is 2.71. The fourth-order valence-corrected chi connectivity index (χ4v) is 0.813. The number of rotatable bonds is 3. The lowest BCUT2D eigenvalue weighted by molar-refractivity contribution is -0.124. The predicted molar refractivity (Wildman–Crippen MR) is 49.3 cm³/mol. The normalized spacial score (nSPS) is 12.2. The Morgan fingerprint density at radius 3 is 2.93 bits per heavy atom. The van der Waals surface area contributed by atoms with E-state index in [0.29, 0.717) is 0 Å². The molecule has 0 bridgehead atoms. The van der Waals surface area contributed by atoms with Gasteiger partial charge in [-0.25, -0.2) is 4.98 Å². The van der Waals surface area contributed by atoms with Gasteiger partial charge in [0.1, 0.15) is 11.9 Å². The molecule has 0 aliphatic rings. The van der Waals surface area contributed by atoms with Crippen LogP contribution in [0.4, 0.5) is 10.2 Å². The highest BCUT2D eigenvalue weighted by Gasteiger charge is 2.11. The molecule has 76 valence electrons. The molecule has 1 unspecified atom stereocenters. The number of carbonyl (C=O) groups excluding carboxylic acids is 1. The molecular weight excluding hydrogens is 187 g/mol. The molecule has 1 amide bonds. The van der Waals surface area contributed by atoms with Gasteiger partial charge in [-0.15, -0.1) is 0 Å². The third-order valence-corrected chi connectivity index (χ3v) is 1.69. The average Bonchev–Trinajstić information content (AvgIpc) is 2.16. The fourth-order valence-electron chi connectivity index (χ4n) is 0.813. The number of halogens is 1. The maximum atomic E-state index is 12.6. The van der Waals surface area contributed by atoms with Crippen LogP contribution in [0.25, 0.3) is 0 Å². The van der Waals surface area contributed by atoms with Crippen molar-refractivity contribution in [3.05, 3.63) is 24.1 Å². The Hall–Kier alpha value is -1.49. The summed E-state index contributed by atoms with van der Waals surface area (Å²) in [7, 11) is 1.42. The molecule has 5 heteroatoms. The molecule has 0 aliphatic heterocycles. The molecule has 0 fully saturated rings. The Bertz CT molecular complexity index is 330. The highest BCUT2D eigenvalue weighted by Crippen LogP contribution is 2.04. The zero-order valence-corrected chi connectivity index (χ0v) is 7.95. The van der Waals surface area contributed by atoms with Gasteiger partial charge in [-0.1, -0.05) is 6.07 Å². The highest BCUT2D eigenvalue weighted by molar-refractivity contribution is 5.92. The molecule has 1 heterocycles. The molecule has 0 radical (unpaired) electrons. The summed E-state index contributed by atoms with van der Waals surface area (Å²) < 4.78 is 17.4. The number of ether oxygens (including phenoxy) is 1. The van der Waals surface area contributed by atoms with Crippen molar-refractivity contribution in [1.82, 2.24) is 4.98 Å². The van der Waals surface area contributed by atoms with E-state index in [1.54, 1.807) is 6.92 Å². The van der Waals surface area contributed by atoms with E-state index in [0.717, 1.165) is 0 Å². The SMILES string of the molecule is COC(C)C(=O)Nc1cccc(F)n1. The van der Waals surface area contributed by atoms with Crippen molar-refractivity contribution >= 4 is 11.7 Å². The first kappa shape index (κ1) is 10.6. The van der Waals surface area contributed by atoms with Crippen molar-refractivity contribution in [2.24, 2.45) is 0 Å². The fraction of sp³-hybridized carbons (Fsp3) is 0.333. The number of carbonyl (C=O) groups is 1. The Morgan fingerprint density at radius 2 is 2.36 bits per heavy atom. The monoisotopic (exact) mass is 198 g/mol. The van der Waals surface area contributed by atoms with E-state index in [9.17, 15) is 9.18 Å². The van der Waals surface area contributed by atoms with Gasteiger partial charge in [0.25, 0.3) is 5.91 Å². The first-order valence-electron chi connectivity index (χ1n) is 4.09. The van der Waals surface area contributed by atoms with E-state index in [1.165, 1.54) is 25.3 Å². The summed E-state index contributed by atoms with van der Waals surface area (Å²) in [5, 5.41) is 2.42. The number of amides is 1. The van der Waals surface area contributed by atoms with Crippen LogP contribution >= 0.6 is 0 Å². The van der Waals surface area contributed by atoms with Crippen molar-refractivity contribution in [3.63, 3.8) is 0 Å². The van der Waals surface area contributed by atoms with Crippen molar-refractivity contribution in [2.75, 3.05) is 12.4 Å². The van der Waals surface area contributed by atoms with Gasteiger partial charge < -0.3 is 10.1 Å². The molecule has 14 heavy (non-hydrogen) atoms. The molecule has 0 aliphatic carbocycles. The molecule has 0 spiro atoms. The van der Waals surface area contributed by atoms with Crippen LogP contribution in [0.1, 0.15) is 6.92 Å². The predicted octanol–water partition coefficient (Wildman–Crippen LogP) is 1.19. The molecule has 0 saturated heterocycles. The molecule has 1 aromatic rings. The number of nitrogens with one attached hydrogen (secondary N) is 1. The minimum Gasteiger partial charge on any atom is -0.372 e. The quantitative estimate of drug-likeness (QED) is 0.742. The largest absolute Gasteiger partial charge is 0.372 e. The van der Waals surface area contributed by atoms with Crippen LogP contribution in [0.15, 0.2) is 18.2 Å². The Kier molecular flexibility index (Phi) is 3.53. The van der Waals surface area contributed by atoms with Gasteiger partial charge >= 0.3 is 0 Å². The minimum atomic E-state index is -0.632. The van der Waals surface area contributed by atoms with E-state index in [1.807, 2.05) is 0 Å². The van der Waals surface area contributed by atoms with Gasteiger partial charge in [-0.3, -0.25) is 4.79 Å². The van der Waals surface area contributed by atoms with Crippen LogP contribution < -0.4 is 5.32 Å². The number of hydrogen-bond donors (Lipinski definition) is 1. The van der Waals surface area contributed by atoms with Gasteiger partial charge in [0, 0.05) is 7.11 Å². The van der Waals surface area contributed by atoms with Gasteiger partial charge in [-0.05, 0) is 19.1 Å². The van der Waals surface area contributed by atoms with E-state index in [2.05, 4.69) is 10.3 Å². The summed E-state index contributed by atoms with van der Waals surface area (Å²) in [6.07, 6.45) is -0.583. The Balaban J connectivity index is 2.65. The number of anilines is 1. The van der Waals surface area contributed by atoms with Gasteiger partial charge in [-0.2, -0.15) is 4.39 Å². The third-order valence-electron chi connectivity index (χ3n) is 1.69. The number of pyridine rings is 1. The smallest absolute Gasteiger partial charge is 0.254 e. The van der Waals surface area contributed by atoms with Gasteiger partial charge in [0.05, 0.1) is 0 Å². The lowest BCUT2D eigenvalue weighted by Gasteiger charge is -2.09. The van der Waals surface area contributed by atoms with Crippen LogP contribution in [-0.2, 0) is 9.53 Å².